The molecule has 2 aliphatic carbocycles. The summed E-state index contributed by atoms with van der Waals surface area (Å²) in [7, 11) is 0. The average molecular weight is 220 g/mol. The Morgan fingerprint density at radius 2 is 2.12 bits per heavy atom. The van der Waals surface area contributed by atoms with Gasteiger partial charge in [-0.05, 0) is 56.8 Å². The standard InChI is InChI=1S/C14H24N2/c1-10(16-7-3-2-4-14(16)15)13-9-11-5-6-12(13)8-11/h10-13,15H,2-9H2,1H3. The van der Waals surface area contributed by atoms with E-state index in [9.17, 15) is 0 Å². The smallest absolute Gasteiger partial charge is 0.0960 e. The van der Waals surface area contributed by atoms with E-state index in [1.54, 1.807) is 0 Å². The van der Waals surface area contributed by atoms with Crippen molar-refractivity contribution in [3.63, 3.8) is 0 Å². The second-order valence-electron chi connectivity index (χ2n) is 6.18. The molecule has 1 N–H and O–H groups in total. The molecule has 0 radical (unpaired) electrons. The van der Waals surface area contributed by atoms with Crippen LogP contribution < -0.4 is 0 Å². The minimum atomic E-state index is 0.642. The third-order valence-electron chi connectivity index (χ3n) is 5.31. The minimum Gasteiger partial charge on any atom is -0.358 e. The summed E-state index contributed by atoms with van der Waals surface area (Å²) >= 11 is 0. The topological polar surface area (TPSA) is 27.1 Å². The quantitative estimate of drug-likeness (QED) is 0.759. The van der Waals surface area contributed by atoms with Gasteiger partial charge in [0.2, 0.25) is 0 Å². The van der Waals surface area contributed by atoms with Gasteiger partial charge in [-0.3, -0.25) is 5.41 Å². The molecule has 3 fully saturated rings. The molecule has 0 aromatic rings. The van der Waals surface area contributed by atoms with Crippen molar-refractivity contribution in [2.45, 2.75) is 57.9 Å². The van der Waals surface area contributed by atoms with Gasteiger partial charge >= 0.3 is 0 Å². The Morgan fingerprint density at radius 1 is 1.25 bits per heavy atom. The van der Waals surface area contributed by atoms with Crippen molar-refractivity contribution in [1.82, 2.24) is 4.90 Å². The van der Waals surface area contributed by atoms with E-state index in [2.05, 4.69) is 11.8 Å². The first-order chi connectivity index (χ1) is 7.75. The number of hydrogen-bond acceptors (Lipinski definition) is 1. The molecule has 2 bridgehead atoms. The number of fused-ring (bicyclic) bond motifs is 2. The third-order valence-corrected chi connectivity index (χ3v) is 5.31. The predicted molar refractivity (Wildman–Crippen MR) is 66.7 cm³/mol. The fraction of sp³-hybridized carbons (Fsp3) is 0.929. The molecule has 2 saturated carbocycles. The summed E-state index contributed by atoms with van der Waals surface area (Å²) in [6.45, 7) is 3.53. The monoisotopic (exact) mass is 220 g/mol. The van der Waals surface area contributed by atoms with Crippen LogP contribution in [0.25, 0.3) is 0 Å². The molecule has 90 valence electrons. The molecule has 4 atom stereocenters. The first kappa shape index (κ1) is 10.6. The average Bonchev–Trinajstić information content (AvgIpc) is 2.90. The summed E-state index contributed by atoms with van der Waals surface area (Å²) in [5, 5.41) is 8.10. The maximum absolute atomic E-state index is 8.10. The van der Waals surface area contributed by atoms with E-state index >= 15 is 0 Å². The molecule has 0 aromatic carbocycles. The Balaban J connectivity index is 1.67. The van der Waals surface area contributed by atoms with Gasteiger partial charge in [0.1, 0.15) is 0 Å². The molecule has 4 unspecified atom stereocenters. The second kappa shape index (κ2) is 4.05. The van der Waals surface area contributed by atoms with Crippen LogP contribution in [-0.2, 0) is 0 Å². The molecular weight excluding hydrogens is 196 g/mol. The summed E-state index contributed by atoms with van der Waals surface area (Å²) < 4.78 is 0. The summed E-state index contributed by atoms with van der Waals surface area (Å²) in [5.41, 5.74) is 0. The van der Waals surface area contributed by atoms with Gasteiger partial charge in [0.25, 0.3) is 0 Å². The fourth-order valence-electron chi connectivity index (χ4n) is 4.42. The Bertz CT molecular complexity index is 286. The van der Waals surface area contributed by atoms with Gasteiger partial charge in [0.05, 0.1) is 5.84 Å². The molecule has 2 nitrogen and oxygen atoms in total. The maximum atomic E-state index is 8.10. The fourth-order valence-corrected chi connectivity index (χ4v) is 4.42. The molecule has 0 amide bonds. The predicted octanol–water partition coefficient (Wildman–Crippen LogP) is 3.27. The normalized spacial score (nSPS) is 40.4. The number of nitrogens with zero attached hydrogens (tertiary/aromatic N) is 1. The van der Waals surface area contributed by atoms with E-state index in [0.717, 1.165) is 36.6 Å². The molecule has 3 rings (SSSR count). The first-order valence-corrected chi connectivity index (χ1v) is 7.10. The SMILES string of the molecule is CC(C1CC2CCC1C2)N1CCCCC1=N. The van der Waals surface area contributed by atoms with E-state index in [0.29, 0.717) is 6.04 Å². The summed E-state index contributed by atoms with van der Waals surface area (Å²) in [6.07, 6.45) is 9.47. The number of piperidine rings is 1. The van der Waals surface area contributed by atoms with Crippen molar-refractivity contribution in [3.05, 3.63) is 0 Å². The maximum Gasteiger partial charge on any atom is 0.0960 e. The Hall–Kier alpha value is -0.530. The van der Waals surface area contributed by atoms with Crippen molar-refractivity contribution in [1.29, 1.82) is 5.41 Å². The number of nitrogens with one attached hydrogen (secondary N) is 1. The lowest BCUT2D eigenvalue weighted by Crippen LogP contribution is -2.46. The summed E-state index contributed by atoms with van der Waals surface area (Å²) in [4.78, 5) is 2.41. The zero-order valence-corrected chi connectivity index (χ0v) is 10.4. The molecule has 3 aliphatic rings. The van der Waals surface area contributed by atoms with Crippen LogP contribution in [-0.4, -0.2) is 23.3 Å². The van der Waals surface area contributed by atoms with Gasteiger partial charge in [-0.1, -0.05) is 6.42 Å². The summed E-state index contributed by atoms with van der Waals surface area (Å²) in [5.74, 6) is 3.85. The second-order valence-corrected chi connectivity index (χ2v) is 6.18. The van der Waals surface area contributed by atoms with Crippen molar-refractivity contribution < 1.29 is 0 Å². The first-order valence-electron chi connectivity index (χ1n) is 7.10. The Labute approximate surface area is 98.9 Å². The van der Waals surface area contributed by atoms with Gasteiger partial charge in [0, 0.05) is 19.0 Å². The lowest BCUT2D eigenvalue weighted by Gasteiger charge is -2.40. The number of amidine groups is 1. The largest absolute Gasteiger partial charge is 0.358 e. The van der Waals surface area contributed by atoms with Crippen LogP contribution in [0.2, 0.25) is 0 Å². The highest BCUT2D eigenvalue weighted by Crippen LogP contribution is 2.50. The number of likely N-dealkylation sites (tertiary alicyclic amines) is 1. The molecule has 2 heteroatoms. The van der Waals surface area contributed by atoms with Crippen LogP contribution in [0.3, 0.4) is 0 Å². The van der Waals surface area contributed by atoms with Gasteiger partial charge in [-0.15, -0.1) is 0 Å². The molecule has 0 spiro atoms. The van der Waals surface area contributed by atoms with Crippen LogP contribution in [0, 0.1) is 23.2 Å². The van der Waals surface area contributed by atoms with E-state index < -0.39 is 0 Å². The van der Waals surface area contributed by atoms with E-state index in [1.807, 2.05) is 0 Å². The highest BCUT2D eigenvalue weighted by molar-refractivity contribution is 5.80. The Kier molecular flexibility index (Phi) is 2.68. The number of hydrogen-bond donors (Lipinski definition) is 1. The highest BCUT2D eigenvalue weighted by Gasteiger charge is 2.43. The van der Waals surface area contributed by atoms with Crippen molar-refractivity contribution in [3.8, 4) is 0 Å². The van der Waals surface area contributed by atoms with Crippen LogP contribution in [0.15, 0.2) is 0 Å². The van der Waals surface area contributed by atoms with Crippen molar-refractivity contribution in [2.75, 3.05) is 6.54 Å². The van der Waals surface area contributed by atoms with Crippen LogP contribution >= 0.6 is 0 Å². The van der Waals surface area contributed by atoms with Gasteiger partial charge < -0.3 is 4.90 Å². The third kappa shape index (κ3) is 1.66. The van der Waals surface area contributed by atoms with Crippen molar-refractivity contribution >= 4 is 5.84 Å². The van der Waals surface area contributed by atoms with Crippen LogP contribution in [0.4, 0.5) is 0 Å². The zero-order valence-electron chi connectivity index (χ0n) is 10.4. The van der Waals surface area contributed by atoms with Gasteiger partial charge in [0.15, 0.2) is 0 Å². The molecule has 1 heterocycles. The van der Waals surface area contributed by atoms with Crippen LogP contribution in [0.5, 0.6) is 0 Å². The molecule has 1 saturated heterocycles. The van der Waals surface area contributed by atoms with Crippen LogP contribution in [0.1, 0.15) is 51.9 Å². The Morgan fingerprint density at radius 3 is 2.75 bits per heavy atom. The summed E-state index contributed by atoms with van der Waals surface area (Å²) in [6, 6.07) is 0.642. The minimum absolute atomic E-state index is 0.642. The molecular formula is C14H24N2. The molecule has 1 aliphatic heterocycles. The van der Waals surface area contributed by atoms with E-state index in [1.165, 1.54) is 38.5 Å². The highest BCUT2D eigenvalue weighted by atomic mass is 15.2. The molecule has 16 heavy (non-hydrogen) atoms. The van der Waals surface area contributed by atoms with E-state index in [-0.39, 0.29) is 0 Å². The van der Waals surface area contributed by atoms with Gasteiger partial charge in [-0.2, -0.15) is 0 Å². The number of rotatable bonds is 2. The van der Waals surface area contributed by atoms with E-state index in [4.69, 9.17) is 5.41 Å². The lowest BCUT2D eigenvalue weighted by molar-refractivity contribution is 0.170. The zero-order chi connectivity index (χ0) is 11.1. The van der Waals surface area contributed by atoms with Gasteiger partial charge in [-0.25, -0.2) is 0 Å². The molecule has 0 aromatic heterocycles. The lowest BCUT2D eigenvalue weighted by atomic mass is 9.82. The van der Waals surface area contributed by atoms with Crippen molar-refractivity contribution in [2.24, 2.45) is 17.8 Å².